The fraction of sp³-hybridized carbons (Fsp3) is 0.200. The van der Waals surface area contributed by atoms with Crippen LogP contribution >= 0.6 is 12.6 Å². The summed E-state index contributed by atoms with van der Waals surface area (Å²) in [5.41, 5.74) is -0.591. The largest absolute Gasteiger partial charge is 0.462 e. The number of esters is 1. The van der Waals surface area contributed by atoms with Gasteiger partial charge >= 0.3 is 5.97 Å². The minimum Gasteiger partial charge on any atom is -0.462 e. The van der Waals surface area contributed by atoms with E-state index in [9.17, 15) is 14.9 Å². The van der Waals surface area contributed by atoms with Gasteiger partial charge in [-0.15, -0.1) is 12.6 Å². The quantitative estimate of drug-likeness (QED) is 0.384. The van der Waals surface area contributed by atoms with E-state index in [2.05, 4.69) is 12.6 Å². The first kappa shape index (κ1) is 13.0. The number of nitro benzene ring substituents is 1. The third kappa shape index (κ3) is 2.54. The number of benzene rings is 1. The average molecular weight is 252 g/mol. The minimum absolute atomic E-state index is 0.0392. The molecule has 0 saturated carbocycles. The third-order valence-corrected chi connectivity index (χ3v) is 2.42. The lowest BCUT2D eigenvalue weighted by molar-refractivity contribution is -0.385. The van der Waals surface area contributed by atoms with Gasteiger partial charge in [-0.2, -0.15) is 5.26 Å². The Balaban J connectivity index is 3.36. The number of hydrogen-bond donors (Lipinski definition) is 1. The molecule has 0 aromatic heterocycles. The van der Waals surface area contributed by atoms with Crippen LogP contribution in [-0.4, -0.2) is 17.5 Å². The van der Waals surface area contributed by atoms with Gasteiger partial charge in [-0.1, -0.05) is 0 Å². The molecule has 7 heteroatoms. The maximum atomic E-state index is 11.5. The van der Waals surface area contributed by atoms with Crippen molar-refractivity contribution in [3.63, 3.8) is 0 Å². The smallest absolute Gasteiger partial charge is 0.339 e. The second kappa shape index (κ2) is 5.32. The topological polar surface area (TPSA) is 93.2 Å². The van der Waals surface area contributed by atoms with E-state index in [0.717, 1.165) is 6.07 Å². The molecular weight excluding hydrogens is 244 g/mol. The van der Waals surface area contributed by atoms with Crippen molar-refractivity contribution in [1.82, 2.24) is 0 Å². The minimum atomic E-state index is -0.701. The normalized spacial score (nSPS) is 9.47. The van der Waals surface area contributed by atoms with Crippen molar-refractivity contribution in [2.75, 3.05) is 6.61 Å². The maximum Gasteiger partial charge on any atom is 0.339 e. The highest BCUT2D eigenvalue weighted by Crippen LogP contribution is 2.28. The van der Waals surface area contributed by atoms with Crippen molar-refractivity contribution in [1.29, 1.82) is 5.26 Å². The van der Waals surface area contributed by atoms with Gasteiger partial charge in [0.2, 0.25) is 0 Å². The van der Waals surface area contributed by atoms with E-state index in [4.69, 9.17) is 10.00 Å². The lowest BCUT2D eigenvalue weighted by Gasteiger charge is -2.06. The predicted octanol–water partition coefficient (Wildman–Crippen LogP) is 1.93. The second-order valence-electron chi connectivity index (χ2n) is 2.95. The maximum absolute atomic E-state index is 11.5. The van der Waals surface area contributed by atoms with Gasteiger partial charge in [-0.3, -0.25) is 10.1 Å². The molecule has 0 radical (unpaired) electrons. The summed E-state index contributed by atoms with van der Waals surface area (Å²) >= 11 is 3.96. The van der Waals surface area contributed by atoms with Crippen LogP contribution in [0.1, 0.15) is 22.8 Å². The van der Waals surface area contributed by atoms with Crippen LogP contribution in [0.15, 0.2) is 17.0 Å². The number of carbonyl (C=O) groups is 1. The number of hydrogen-bond acceptors (Lipinski definition) is 6. The van der Waals surface area contributed by atoms with Crippen molar-refractivity contribution >= 4 is 24.3 Å². The first-order valence-corrected chi connectivity index (χ1v) is 5.05. The number of nitrogens with zero attached hydrogens (tertiary/aromatic N) is 2. The zero-order valence-corrected chi connectivity index (χ0v) is 9.73. The molecule has 0 amide bonds. The molecule has 0 heterocycles. The van der Waals surface area contributed by atoms with Gasteiger partial charge in [0.1, 0.15) is 11.6 Å². The summed E-state index contributed by atoms with van der Waals surface area (Å²) < 4.78 is 4.74. The van der Waals surface area contributed by atoms with Crippen molar-refractivity contribution in [3.8, 4) is 6.07 Å². The molecule has 0 bridgehead atoms. The molecule has 6 nitrogen and oxygen atoms in total. The summed E-state index contributed by atoms with van der Waals surface area (Å²) in [4.78, 5) is 21.4. The Bertz CT molecular complexity index is 522. The van der Waals surface area contributed by atoms with Crippen LogP contribution in [0.5, 0.6) is 0 Å². The highest BCUT2D eigenvalue weighted by atomic mass is 32.1. The van der Waals surface area contributed by atoms with Crippen LogP contribution in [0.2, 0.25) is 0 Å². The zero-order valence-electron chi connectivity index (χ0n) is 8.84. The van der Waals surface area contributed by atoms with Crippen molar-refractivity contribution in [3.05, 3.63) is 33.4 Å². The van der Waals surface area contributed by atoms with Crippen LogP contribution in [0.3, 0.4) is 0 Å². The number of nitro groups is 1. The molecule has 1 aromatic rings. The van der Waals surface area contributed by atoms with Gasteiger partial charge in [0.15, 0.2) is 0 Å². The molecule has 0 aliphatic heterocycles. The molecule has 17 heavy (non-hydrogen) atoms. The SMILES string of the molecule is CCOC(=O)c1ccc([N+](=O)[O-])c(C#N)c1S. The van der Waals surface area contributed by atoms with E-state index in [1.54, 1.807) is 13.0 Å². The molecule has 88 valence electrons. The fourth-order valence-electron chi connectivity index (χ4n) is 1.22. The van der Waals surface area contributed by atoms with Gasteiger partial charge < -0.3 is 4.74 Å². The summed E-state index contributed by atoms with van der Waals surface area (Å²) in [6.07, 6.45) is 0. The number of thiol groups is 1. The standard InChI is InChI=1S/C10H8N2O4S/c1-2-16-10(13)6-3-4-8(12(14)15)7(5-11)9(6)17/h3-4,17H,2H2,1H3. The number of nitriles is 1. The van der Waals surface area contributed by atoms with Gasteiger partial charge in [0, 0.05) is 11.0 Å². The molecule has 0 unspecified atom stereocenters. The third-order valence-electron chi connectivity index (χ3n) is 1.96. The molecule has 0 N–H and O–H groups in total. The number of rotatable bonds is 3. The first-order chi connectivity index (χ1) is 8.02. The van der Waals surface area contributed by atoms with Crippen molar-refractivity contribution in [2.24, 2.45) is 0 Å². The summed E-state index contributed by atoms with van der Waals surface area (Å²) in [5, 5.41) is 19.5. The number of ether oxygens (including phenoxy) is 1. The summed E-state index contributed by atoms with van der Waals surface area (Å²) in [6.45, 7) is 1.80. The van der Waals surface area contributed by atoms with Gasteiger partial charge in [-0.25, -0.2) is 4.79 Å². The van der Waals surface area contributed by atoms with E-state index >= 15 is 0 Å². The van der Waals surface area contributed by atoms with Crippen LogP contribution in [0, 0.1) is 21.4 Å². The number of carbonyl (C=O) groups excluding carboxylic acids is 1. The molecule has 0 fully saturated rings. The highest BCUT2D eigenvalue weighted by molar-refractivity contribution is 7.80. The van der Waals surface area contributed by atoms with Crippen LogP contribution in [-0.2, 0) is 4.74 Å². The monoisotopic (exact) mass is 252 g/mol. The Morgan fingerprint density at radius 2 is 2.29 bits per heavy atom. The fourth-order valence-corrected chi connectivity index (χ4v) is 1.55. The highest BCUT2D eigenvalue weighted by Gasteiger charge is 2.22. The predicted molar refractivity (Wildman–Crippen MR) is 61.0 cm³/mol. The Morgan fingerprint density at radius 1 is 1.65 bits per heavy atom. The van der Waals surface area contributed by atoms with E-state index in [-0.39, 0.29) is 28.3 Å². The van der Waals surface area contributed by atoms with Crippen molar-refractivity contribution < 1.29 is 14.5 Å². The Labute approximate surface area is 102 Å². The molecule has 0 aliphatic carbocycles. The van der Waals surface area contributed by atoms with Gasteiger partial charge in [0.25, 0.3) is 5.69 Å². The molecule has 0 aliphatic rings. The Kier molecular flexibility index (Phi) is 4.06. The lowest BCUT2D eigenvalue weighted by Crippen LogP contribution is -2.07. The van der Waals surface area contributed by atoms with Crippen LogP contribution < -0.4 is 0 Å². The Morgan fingerprint density at radius 3 is 2.76 bits per heavy atom. The van der Waals surface area contributed by atoms with E-state index in [1.165, 1.54) is 6.07 Å². The molecule has 0 spiro atoms. The summed E-state index contributed by atoms with van der Waals surface area (Å²) in [7, 11) is 0. The Hall–Kier alpha value is -2.07. The lowest BCUT2D eigenvalue weighted by atomic mass is 10.1. The zero-order chi connectivity index (χ0) is 13.0. The second-order valence-corrected chi connectivity index (χ2v) is 3.39. The molecule has 1 aromatic carbocycles. The van der Waals surface area contributed by atoms with Gasteiger partial charge in [-0.05, 0) is 13.0 Å². The van der Waals surface area contributed by atoms with E-state index < -0.39 is 10.9 Å². The summed E-state index contributed by atoms with van der Waals surface area (Å²) in [6, 6.07) is 3.97. The van der Waals surface area contributed by atoms with Crippen LogP contribution in [0.25, 0.3) is 0 Å². The van der Waals surface area contributed by atoms with Gasteiger partial charge in [0.05, 0.1) is 17.1 Å². The van der Waals surface area contributed by atoms with Crippen molar-refractivity contribution in [2.45, 2.75) is 11.8 Å². The summed E-state index contributed by atoms with van der Waals surface area (Å²) in [5.74, 6) is -0.663. The molecule has 1 rings (SSSR count). The molecule has 0 atom stereocenters. The average Bonchev–Trinajstić information content (AvgIpc) is 2.28. The van der Waals surface area contributed by atoms with Crippen LogP contribution in [0.4, 0.5) is 5.69 Å². The molecule has 0 saturated heterocycles. The first-order valence-electron chi connectivity index (χ1n) is 4.60. The molecular formula is C10H8N2O4S. The van der Waals surface area contributed by atoms with E-state index in [0.29, 0.717) is 0 Å². The van der Waals surface area contributed by atoms with E-state index in [1.807, 2.05) is 0 Å².